The van der Waals surface area contributed by atoms with Gasteiger partial charge in [-0.05, 0) is 31.2 Å². The Kier molecular flexibility index (Phi) is 11.9. The second kappa shape index (κ2) is 13.9. The van der Waals surface area contributed by atoms with Crippen LogP contribution in [0.15, 0.2) is 72.8 Å². The fourth-order valence-electron chi connectivity index (χ4n) is 1.77. The Labute approximate surface area is 201 Å². The van der Waals surface area contributed by atoms with E-state index in [1.807, 2.05) is 5.32 Å². The molecule has 0 radical (unpaired) electrons. The van der Waals surface area contributed by atoms with E-state index in [-0.39, 0.29) is 39.9 Å². The minimum Gasteiger partial charge on any atom is -0.743 e. The molecule has 1 N–H and O–H groups in total. The first kappa shape index (κ1) is 28.5. The molecule has 180 valence electrons. The first-order valence-electron chi connectivity index (χ1n) is 9.24. The van der Waals surface area contributed by atoms with Crippen LogP contribution in [0.4, 0.5) is 13.6 Å². The SMILES string of the molecule is C=C(C)C(=O)OCCNC(=O)OCC(F)(F)S(=O)(=O)[O-].c1ccc([I+]c2ccccc2)cc1. The number of alkyl halides is 2. The molecule has 0 aliphatic rings. The summed E-state index contributed by atoms with van der Waals surface area (Å²) >= 11 is 0.0287. The van der Waals surface area contributed by atoms with E-state index in [4.69, 9.17) is 0 Å². The quantitative estimate of drug-likeness (QED) is 0.140. The lowest BCUT2D eigenvalue weighted by Crippen LogP contribution is -3.61. The van der Waals surface area contributed by atoms with Crippen LogP contribution in [0.1, 0.15) is 6.92 Å². The highest BCUT2D eigenvalue weighted by Crippen LogP contribution is 2.20. The van der Waals surface area contributed by atoms with Gasteiger partial charge in [0.25, 0.3) is 0 Å². The topological polar surface area (TPSA) is 122 Å². The van der Waals surface area contributed by atoms with E-state index >= 15 is 0 Å². The first-order valence-corrected chi connectivity index (χ1v) is 12.8. The van der Waals surface area contributed by atoms with Gasteiger partial charge < -0.3 is 19.3 Å². The number of alkyl carbamates (subject to hydrolysis) is 1. The number of ether oxygens (including phenoxy) is 2. The molecule has 1 amide bonds. The molecule has 0 atom stereocenters. The minimum absolute atomic E-state index is 0.0287. The van der Waals surface area contributed by atoms with Crippen LogP contribution >= 0.6 is 0 Å². The fraction of sp³-hybridized carbons (Fsp3) is 0.238. The van der Waals surface area contributed by atoms with Crippen molar-refractivity contribution in [3.8, 4) is 0 Å². The Morgan fingerprint density at radius 2 is 1.52 bits per heavy atom. The third-order valence-electron chi connectivity index (χ3n) is 3.37. The number of benzene rings is 2. The summed E-state index contributed by atoms with van der Waals surface area (Å²) in [4.78, 5) is 21.8. The molecular formula is C21H22F2INO7S. The van der Waals surface area contributed by atoms with Gasteiger partial charge in [0.2, 0.25) is 0 Å². The zero-order valence-corrected chi connectivity index (χ0v) is 20.5. The molecule has 0 heterocycles. The molecule has 0 aromatic heterocycles. The Hall–Kier alpha value is -2.58. The van der Waals surface area contributed by atoms with Gasteiger partial charge in [-0.15, -0.1) is 0 Å². The summed E-state index contributed by atoms with van der Waals surface area (Å²) in [5, 5.41) is -2.81. The summed E-state index contributed by atoms with van der Waals surface area (Å²) in [5.74, 6) is -0.704. The van der Waals surface area contributed by atoms with Crippen molar-refractivity contribution in [1.29, 1.82) is 0 Å². The van der Waals surface area contributed by atoms with Crippen LogP contribution in [-0.4, -0.2) is 50.0 Å². The lowest BCUT2D eigenvalue weighted by Gasteiger charge is -2.19. The van der Waals surface area contributed by atoms with Crippen molar-refractivity contribution in [2.75, 3.05) is 19.8 Å². The molecule has 2 aromatic rings. The standard InChI is InChI=1S/C12H10I.C9H13F2NO7S/c1-3-7-11(8-4-1)13-12-9-5-2-6-10-12;1-6(2)7(13)18-4-3-12-8(14)19-5-9(10,11)20(15,16)17/h1-10H;1,3-5H2,2H3,(H,12,14)(H,15,16,17)/q+1;/p-1. The fourth-order valence-corrected chi connectivity index (χ4v) is 4.25. The van der Waals surface area contributed by atoms with Crippen molar-refractivity contribution in [1.82, 2.24) is 5.32 Å². The highest BCUT2D eigenvalue weighted by Gasteiger charge is 2.39. The molecule has 2 rings (SSSR count). The van der Waals surface area contributed by atoms with E-state index in [1.54, 1.807) is 0 Å². The van der Waals surface area contributed by atoms with E-state index < -0.39 is 34.0 Å². The van der Waals surface area contributed by atoms with Crippen molar-refractivity contribution in [2.24, 2.45) is 0 Å². The molecule has 0 bridgehead atoms. The van der Waals surface area contributed by atoms with Crippen LogP contribution in [0, 0.1) is 7.14 Å². The van der Waals surface area contributed by atoms with Crippen molar-refractivity contribution < 1.29 is 62.0 Å². The van der Waals surface area contributed by atoms with Gasteiger partial charge in [-0.25, -0.2) is 18.0 Å². The van der Waals surface area contributed by atoms with Gasteiger partial charge in [0.1, 0.15) is 6.61 Å². The van der Waals surface area contributed by atoms with Crippen LogP contribution in [-0.2, 0) is 24.4 Å². The molecule has 0 spiro atoms. The highest BCUT2D eigenvalue weighted by atomic mass is 127. The first-order chi connectivity index (χ1) is 15.4. The number of nitrogens with one attached hydrogen (secondary N) is 1. The maximum atomic E-state index is 12.6. The molecule has 0 fully saturated rings. The molecule has 0 unspecified atom stereocenters. The summed E-state index contributed by atoms with van der Waals surface area (Å²) in [6, 6.07) is 21.4. The van der Waals surface area contributed by atoms with E-state index in [1.165, 1.54) is 14.1 Å². The monoisotopic (exact) mass is 597 g/mol. The van der Waals surface area contributed by atoms with Crippen LogP contribution in [0.25, 0.3) is 0 Å². The van der Waals surface area contributed by atoms with Gasteiger partial charge in [0, 0.05) is 5.57 Å². The summed E-state index contributed by atoms with van der Waals surface area (Å²) in [6.45, 7) is 2.26. The largest absolute Gasteiger partial charge is 0.743 e. The van der Waals surface area contributed by atoms with Gasteiger partial charge in [0.05, 0.1) is 6.54 Å². The third kappa shape index (κ3) is 11.7. The Morgan fingerprint density at radius 1 is 1.03 bits per heavy atom. The number of hydrogen-bond donors (Lipinski definition) is 1. The molecule has 0 aliphatic carbocycles. The molecule has 2 aromatic carbocycles. The maximum Gasteiger partial charge on any atom is 0.407 e. The Balaban J connectivity index is 0.000000357. The normalized spacial score (nSPS) is 10.9. The van der Waals surface area contributed by atoms with E-state index in [9.17, 15) is 31.3 Å². The van der Waals surface area contributed by atoms with E-state index in [0.29, 0.717) is 0 Å². The summed E-state index contributed by atoms with van der Waals surface area (Å²) in [5.41, 5.74) is 0.132. The zero-order chi connectivity index (χ0) is 24.9. The Morgan fingerprint density at radius 3 is 1.94 bits per heavy atom. The van der Waals surface area contributed by atoms with Crippen LogP contribution in [0.5, 0.6) is 0 Å². The van der Waals surface area contributed by atoms with E-state index in [0.717, 1.165) is 0 Å². The summed E-state index contributed by atoms with van der Waals surface area (Å²) < 4.78 is 66.8. The predicted molar refractivity (Wildman–Crippen MR) is 110 cm³/mol. The van der Waals surface area contributed by atoms with E-state index in [2.05, 4.69) is 76.7 Å². The lowest BCUT2D eigenvalue weighted by atomic mass is 10.4. The average molecular weight is 597 g/mol. The maximum absolute atomic E-state index is 12.6. The molecule has 0 saturated carbocycles. The van der Waals surface area contributed by atoms with Crippen LogP contribution < -0.4 is 26.5 Å². The molecule has 0 saturated heterocycles. The lowest BCUT2D eigenvalue weighted by molar-refractivity contribution is -0.597. The molecular weight excluding hydrogens is 575 g/mol. The molecule has 33 heavy (non-hydrogen) atoms. The van der Waals surface area contributed by atoms with Gasteiger partial charge >= 0.3 is 38.5 Å². The van der Waals surface area contributed by atoms with Gasteiger partial charge in [0.15, 0.2) is 23.9 Å². The number of esters is 1. The average Bonchev–Trinajstić information content (AvgIpc) is 2.76. The highest BCUT2D eigenvalue weighted by molar-refractivity contribution is 7.86. The number of amides is 1. The van der Waals surface area contributed by atoms with Gasteiger partial charge in [-0.3, -0.25) is 0 Å². The molecule has 8 nitrogen and oxygen atoms in total. The number of halogens is 3. The summed E-state index contributed by atoms with van der Waals surface area (Å²) in [6.07, 6.45) is -1.39. The third-order valence-corrected chi connectivity index (χ3v) is 6.91. The van der Waals surface area contributed by atoms with Crippen molar-refractivity contribution in [3.63, 3.8) is 0 Å². The smallest absolute Gasteiger partial charge is 0.407 e. The molecule has 12 heteroatoms. The zero-order valence-electron chi connectivity index (χ0n) is 17.5. The van der Waals surface area contributed by atoms with Crippen molar-refractivity contribution >= 4 is 22.2 Å². The number of rotatable bonds is 9. The Bertz CT molecular complexity index is 982. The summed E-state index contributed by atoms with van der Waals surface area (Å²) in [7, 11) is -5.91. The minimum atomic E-state index is -5.91. The number of carbonyl (C=O) groups is 2. The number of carbonyl (C=O) groups excluding carboxylic acids is 2. The van der Waals surface area contributed by atoms with Crippen molar-refractivity contribution in [3.05, 3.63) is 80.0 Å². The molecule has 0 aliphatic heterocycles. The van der Waals surface area contributed by atoms with Crippen molar-refractivity contribution in [2.45, 2.75) is 12.2 Å². The second-order valence-electron chi connectivity index (χ2n) is 6.20. The van der Waals surface area contributed by atoms with Gasteiger partial charge in [-0.1, -0.05) is 43.0 Å². The predicted octanol–water partition coefficient (Wildman–Crippen LogP) is -0.215. The van der Waals surface area contributed by atoms with Gasteiger partial charge in [-0.2, -0.15) is 8.78 Å². The van der Waals surface area contributed by atoms with Crippen LogP contribution in [0.2, 0.25) is 0 Å². The van der Waals surface area contributed by atoms with Crippen LogP contribution in [0.3, 0.4) is 0 Å². The number of hydrogen-bond acceptors (Lipinski definition) is 7. The second-order valence-corrected chi connectivity index (χ2v) is 10.7.